The number of carbonyl (C=O) groups is 2. The number of ether oxygens (including phenoxy) is 1. The highest BCUT2D eigenvalue weighted by Gasteiger charge is 2.65. The van der Waals surface area contributed by atoms with Crippen molar-refractivity contribution in [2.24, 2.45) is 28.6 Å². The second-order valence-electron chi connectivity index (χ2n) is 10.9. The van der Waals surface area contributed by atoms with Crippen LogP contribution in [-0.4, -0.2) is 24.5 Å². The Balaban J connectivity index is 1.54. The summed E-state index contributed by atoms with van der Waals surface area (Å²) < 4.78 is 6.20. The van der Waals surface area contributed by atoms with Gasteiger partial charge in [0.25, 0.3) is 0 Å². The SMILES string of the molecule is CCCCCNC(=O)O[C@]1(CC=O)CC[C@H]2[C@@H]3CCC4=CCC=C[C@]4(C)[C@H]3CC[C@@]21C. The number of hydrogen-bond acceptors (Lipinski definition) is 3. The van der Waals surface area contributed by atoms with Crippen LogP contribution in [0.5, 0.6) is 0 Å². The minimum atomic E-state index is -0.654. The van der Waals surface area contributed by atoms with Gasteiger partial charge in [-0.15, -0.1) is 0 Å². The van der Waals surface area contributed by atoms with E-state index in [1.54, 1.807) is 5.57 Å². The van der Waals surface area contributed by atoms with Gasteiger partial charge in [0.15, 0.2) is 0 Å². The molecule has 0 heterocycles. The quantitative estimate of drug-likeness (QED) is 0.292. The molecule has 0 aromatic heterocycles. The third kappa shape index (κ3) is 3.68. The van der Waals surface area contributed by atoms with E-state index >= 15 is 0 Å². The first-order valence-corrected chi connectivity index (χ1v) is 12.7. The molecule has 0 saturated heterocycles. The van der Waals surface area contributed by atoms with E-state index in [1.165, 1.54) is 12.8 Å². The molecule has 4 aliphatic carbocycles. The number of allylic oxidation sites excluding steroid dienone is 4. The van der Waals surface area contributed by atoms with Crippen LogP contribution >= 0.6 is 0 Å². The number of alkyl carbamates (subject to hydrolysis) is 1. The lowest BCUT2D eigenvalue weighted by atomic mass is 9.47. The Kier molecular flexibility index (Phi) is 6.38. The molecule has 3 saturated carbocycles. The Morgan fingerprint density at radius 2 is 2.00 bits per heavy atom. The standard InChI is InChI=1S/C27H41NO3/c1-4-5-8-18-28-24(30)31-27(17-19-29)16-13-23-21-11-10-20-9-6-7-14-25(20,2)22(21)12-15-26(23,27)3/h7,9,14,19,21-23H,4-6,8,10-13,15-18H2,1-3H3,(H,28,30)/t21-,22+,23+,25+,26+,27+/m1/s1. The molecular weight excluding hydrogens is 386 g/mol. The van der Waals surface area contributed by atoms with Crippen LogP contribution in [0.15, 0.2) is 23.8 Å². The molecule has 0 radical (unpaired) electrons. The van der Waals surface area contributed by atoms with Crippen LogP contribution in [0.25, 0.3) is 0 Å². The van der Waals surface area contributed by atoms with Gasteiger partial charge in [0.05, 0.1) is 0 Å². The van der Waals surface area contributed by atoms with Crippen molar-refractivity contribution in [3.8, 4) is 0 Å². The van der Waals surface area contributed by atoms with Crippen molar-refractivity contribution >= 4 is 12.4 Å². The molecule has 0 unspecified atom stereocenters. The summed E-state index contributed by atoms with van der Waals surface area (Å²) in [6.45, 7) is 7.57. The second-order valence-corrected chi connectivity index (χ2v) is 10.9. The fraction of sp³-hybridized carbons (Fsp3) is 0.778. The summed E-state index contributed by atoms with van der Waals surface area (Å²) in [4.78, 5) is 24.5. The van der Waals surface area contributed by atoms with Crippen LogP contribution in [0.1, 0.15) is 91.4 Å². The first-order chi connectivity index (χ1) is 14.9. The largest absolute Gasteiger partial charge is 0.442 e. The van der Waals surface area contributed by atoms with Gasteiger partial charge in [-0.1, -0.05) is 57.4 Å². The van der Waals surface area contributed by atoms with E-state index in [0.717, 1.165) is 57.7 Å². The molecule has 0 aromatic rings. The smallest absolute Gasteiger partial charge is 0.407 e. The Labute approximate surface area is 188 Å². The van der Waals surface area contributed by atoms with Gasteiger partial charge in [-0.3, -0.25) is 0 Å². The zero-order chi connectivity index (χ0) is 22.1. The summed E-state index contributed by atoms with van der Waals surface area (Å²) in [5, 5.41) is 2.95. The predicted molar refractivity (Wildman–Crippen MR) is 124 cm³/mol. The van der Waals surface area contributed by atoms with Gasteiger partial charge >= 0.3 is 6.09 Å². The zero-order valence-electron chi connectivity index (χ0n) is 19.8. The summed E-state index contributed by atoms with van der Waals surface area (Å²) in [5.41, 5.74) is 1.06. The second kappa shape index (κ2) is 8.75. The molecule has 1 amide bonds. The lowest BCUT2D eigenvalue weighted by Crippen LogP contribution is -2.56. The van der Waals surface area contributed by atoms with Crippen LogP contribution in [0.3, 0.4) is 0 Å². The molecule has 4 heteroatoms. The summed E-state index contributed by atoms with van der Waals surface area (Å²) in [6.07, 6.45) is 19.0. The summed E-state index contributed by atoms with van der Waals surface area (Å²) in [7, 11) is 0. The topological polar surface area (TPSA) is 55.4 Å². The molecule has 0 spiro atoms. The monoisotopic (exact) mass is 427 g/mol. The number of unbranched alkanes of at least 4 members (excludes halogenated alkanes) is 2. The molecular formula is C27H41NO3. The van der Waals surface area contributed by atoms with E-state index in [-0.39, 0.29) is 16.9 Å². The zero-order valence-corrected chi connectivity index (χ0v) is 19.8. The van der Waals surface area contributed by atoms with E-state index in [0.29, 0.717) is 30.7 Å². The summed E-state index contributed by atoms with van der Waals surface area (Å²) in [5.74, 6) is 1.83. The highest BCUT2D eigenvalue weighted by molar-refractivity contribution is 5.68. The minimum absolute atomic E-state index is 0.119. The molecule has 0 aliphatic heterocycles. The Morgan fingerprint density at radius 3 is 2.77 bits per heavy atom. The molecule has 0 aromatic carbocycles. The molecule has 172 valence electrons. The fourth-order valence-electron chi connectivity index (χ4n) is 7.89. The van der Waals surface area contributed by atoms with Crippen molar-refractivity contribution in [2.45, 2.75) is 97.0 Å². The van der Waals surface area contributed by atoms with Gasteiger partial charge in [-0.2, -0.15) is 0 Å². The minimum Gasteiger partial charge on any atom is -0.442 e. The lowest BCUT2D eigenvalue weighted by Gasteiger charge is -2.58. The number of rotatable bonds is 7. The number of aldehydes is 1. The maximum absolute atomic E-state index is 12.7. The molecule has 4 rings (SSSR count). The van der Waals surface area contributed by atoms with Crippen molar-refractivity contribution in [1.82, 2.24) is 5.32 Å². The third-order valence-electron chi connectivity index (χ3n) is 9.65. The molecule has 3 fully saturated rings. The van der Waals surface area contributed by atoms with Crippen LogP contribution in [-0.2, 0) is 9.53 Å². The number of amides is 1. The average Bonchev–Trinajstić information content (AvgIpc) is 3.03. The number of nitrogens with one attached hydrogen (secondary N) is 1. The van der Waals surface area contributed by atoms with E-state index in [4.69, 9.17) is 4.74 Å². The number of carbonyl (C=O) groups excluding carboxylic acids is 2. The van der Waals surface area contributed by atoms with Gasteiger partial charge < -0.3 is 14.8 Å². The molecule has 0 bridgehead atoms. The van der Waals surface area contributed by atoms with E-state index in [2.05, 4.69) is 44.3 Å². The van der Waals surface area contributed by atoms with Crippen molar-refractivity contribution in [3.63, 3.8) is 0 Å². The van der Waals surface area contributed by atoms with Gasteiger partial charge in [-0.25, -0.2) is 4.79 Å². The highest BCUT2D eigenvalue weighted by Crippen LogP contribution is 2.68. The molecule has 4 aliphatic rings. The Bertz CT molecular complexity index is 758. The van der Waals surface area contributed by atoms with Crippen LogP contribution in [0, 0.1) is 28.6 Å². The average molecular weight is 428 g/mol. The maximum Gasteiger partial charge on any atom is 0.407 e. The Morgan fingerprint density at radius 1 is 1.19 bits per heavy atom. The normalized spacial score (nSPS) is 40.9. The van der Waals surface area contributed by atoms with E-state index in [1.807, 2.05) is 0 Å². The maximum atomic E-state index is 12.7. The molecule has 1 N–H and O–H groups in total. The first kappa shape index (κ1) is 22.6. The molecule has 31 heavy (non-hydrogen) atoms. The predicted octanol–water partition coefficient (Wildman–Crippen LogP) is 6.36. The molecule has 4 nitrogen and oxygen atoms in total. The van der Waals surface area contributed by atoms with E-state index in [9.17, 15) is 9.59 Å². The highest BCUT2D eigenvalue weighted by atomic mass is 16.6. The van der Waals surface area contributed by atoms with E-state index < -0.39 is 5.60 Å². The van der Waals surface area contributed by atoms with Crippen LogP contribution in [0.2, 0.25) is 0 Å². The fourth-order valence-corrected chi connectivity index (χ4v) is 7.89. The van der Waals surface area contributed by atoms with Gasteiger partial charge in [0.1, 0.15) is 11.9 Å². The number of fused-ring (bicyclic) bond motifs is 5. The summed E-state index contributed by atoms with van der Waals surface area (Å²) >= 11 is 0. The lowest BCUT2D eigenvalue weighted by molar-refractivity contribution is -0.137. The Hall–Kier alpha value is -1.58. The van der Waals surface area contributed by atoms with Crippen molar-refractivity contribution in [3.05, 3.63) is 23.8 Å². The third-order valence-corrected chi connectivity index (χ3v) is 9.65. The van der Waals surface area contributed by atoms with Crippen LogP contribution < -0.4 is 5.32 Å². The van der Waals surface area contributed by atoms with Crippen molar-refractivity contribution < 1.29 is 14.3 Å². The van der Waals surface area contributed by atoms with Crippen LogP contribution in [0.4, 0.5) is 4.79 Å². The molecule has 6 atom stereocenters. The first-order valence-electron chi connectivity index (χ1n) is 12.7. The van der Waals surface area contributed by atoms with Crippen molar-refractivity contribution in [1.29, 1.82) is 0 Å². The number of hydrogen-bond donors (Lipinski definition) is 1. The van der Waals surface area contributed by atoms with Gasteiger partial charge in [0.2, 0.25) is 0 Å². The van der Waals surface area contributed by atoms with Crippen molar-refractivity contribution in [2.75, 3.05) is 6.54 Å². The van der Waals surface area contributed by atoms with Gasteiger partial charge in [-0.05, 0) is 69.1 Å². The summed E-state index contributed by atoms with van der Waals surface area (Å²) in [6, 6.07) is 0. The van der Waals surface area contributed by atoms with Gasteiger partial charge in [0, 0.05) is 23.8 Å².